The van der Waals surface area contributed by atoms with Crippen LogP contribution in [0.5, 0.6) is 28.7 Å². The van der Waals surface area contributed by atoms with Crippen LogP contribution in [0.1, 0.15) is 37.3 Å². The van der Waals surface area contributed by atoms with Crippen molar-refractivity contribution in [2.75, 3.05) is 28.1 Å². The van der Waals surface area contributed by atoms with E-state index in [4.69, 9.17) is 18.9 Å². The molecule has 3 unspecified atom stereocenters. The maximum atomic E-state index is 10.7. The topological polar surface area (TPSA) is 118 Å². The van der Waals surface area contributed by atoms with Crippen LogP contribution < -0.4 is 14.2 Å². The lowest BCUT2D eigenvalue weighted by Gasteiger charge is -2.28. The Kier molecular flexibility index (Phi) is 10.6. The molecule has 2 aromatic rings. The number of hydrogen-bond donors (Lipinski definition) is 4. The van der Waals surface area contributed by atoms with Crippen molar-refractivity contribution in [3.63, 3.8) is 0 Å². The van der Waals surface area contributed by atoms with E-state index in [-0.39, 0.29) is 23.5 Å². The first-order chi connectivity index (χ1) is 15.9. The summed E-state index contributed by atoms with van der Waals surface area (Å²) in [7, 11) is 4.44. The Morgan fingerprint density at radius 3 is 2.03 bits per heavy atom. The van der Waals surface area contributed by atoms with Crippen molar-refractivity contribution in [1.82, 2.24) is 0 Å². The Balaban J connectivity index is 2.05. The molecular weight excluding hydrogens is 428 g/mol. The minimum absolute atomic E-state index is 0.0508. The van der Waals surface area contributed by atoms with E-state index in [0.717, 1.165) is 17.5 Å². The second-order valence-corrected chi connectivity index (χ2v) is 7.99. The molecular formula is C25H36O8. The van der Waals surface area contributed by atoms with Gasteiger partial charge in [0.15, 0.2) is 23.0 Å². The van der Waals surface area contributed by atoms with Crippen LogP contribution in [0.25, 0.3) is 0 Å². The van der Waals surface area contributed by atoms with Crippen LogP contribution in [0.4, 0.5) is 0 Å². The van der Waals surface area contributed by atoms with Crippen molar-refractivity contribution in [1.29, 1.82) is 0 Å². The number of aryl methyl sites for hydroxylation is 1. The van der Waals surface area contributed by atoms with Crippen molar-refractivity contribution in [2.45, 2.75) is 51.2 Å². The molecule has 4 N–H and O–H groups in total. The number of rotatable bonds is 14. The zero-order valence-electron chi connectivity index (χ0n) is 19.8. The van der Waals surface area contributed by atoms with E-state index in [1.54, 1.807) is 24.3 Å². The average molecular weight is 465 g/mol. The van der Waals surface area contributed by atoms with Crippen LogP contribution in [0.15, 0.2) is 30.3 Å². The summed E-state index contributed by atoms with van der Waals surface area (Å²) >= 11 is 0. The van der Waals surface area contributed by atoms with Crippen molar-refractivity contribution in [3.05, 3.63) is 41.5 Å². The zero-order chi connectivity index (χ0) is 24.4. The quantitative estimate of drug-likeness (QED) is 0.314. The van der Waals surface area contributed by atoms with Crippen LogP contribution in [-0.2, 0) is 17.6 Å². The lowest BCUT2D eigenvalue weighted by molar-refractivity contribution is -0.0897. The van der Waals surface area contributed by atoms with E-state index in [1.165, 1.54) is 21.3 Å². The Labute approximate surface area is 195 Å². The molecule has 0 saturated heterocycles. The molecule has 0 aromatic heterocycles. The number of benzene rings is 2. The number of phenols is 2. The molecule has 0 spiro atoms. The summed E-state index contributed by atoms with van der Waals surface area (Å²) in [4.78, 5) is 0. The largest absolute Gasteiger partial charge is 0.504 e. The van der Waals surface area contributed by atoms with Crippen molar-refractivity contribution in [2.24, 2.45) is 5.92 Å². The Morgan fingerprint density at radius 2 is 1.48 bits per heavy atom. The number of phenolic OH excluding ortho intramolecular Hbond substituents is 2. The SMILES string of the molecule is CCC(Cc1ccc(O)c(OC)c1)C(CC(O)CCc1cc(OC)c(O)c(OC)c1)OCO. The number of methoxy groups -OCH3 is 3. The monoisotopic (exact) mass is 464 g/mol. The molecule has 0 radical (unpaired) electrons. The minimum Gasteiger partial charge on any atom is -0.504 e. The lowest BCUT2D eigenvalue weighted by Crippen LogP contribution is -2.30. The van der Waals surface area contributed by atoms with Gasteiger partial charge in [-0.15, -0.1) is 0 Å². The van der Waals surface area contributed by atoms with Crippen molar-refractivity contribution in [3.8, 4) is 28.7 Å². The third-order valence-electron chi connectivity index (χ3n) is 5.89. The van der Waals surface area contributed by atoms with Gasteiger partial charge in [-0.3, -0.25) is 0 Å². The molecule has 33 heavy (non-hydrogen) atoms. The van der Waals surface area contributed by atoms with Gasteiger partial charge in [0.1, 0.15) is 6.79 Å². The van der Waals surface area contributed by atoms with Crippen LogP contribution in [0, 0.1) is 5.92 Å². The predicted molar refractivity (Wildman–Crippen MR) is 124 cm³/mol. The molecule has 0 amide bonds. The van der Waals surface area contributed by atoms with Crippen LogP contribution in [0.3, 0.4) is 0 Å². The van der Waals surface area contributed by atoms with Gasteiger partial charge in [0, 0.05) is 0 Å². The van der Waals surface area contributed by atoms with Gasteiger partial charge in [0.05, 0.1) is 33.5 Å². The van der Waals surface area contributed by atoms with Gasteiger partial charge < -0.3 is 39.4 Å². The number of ether oxygens (including phenoxy) is 4. The fraction of sp³-hybridized carbons (Fsp3) is 0.520. The van der Waals surface area contributed by atoms with Gasteiger partial charge in [0.2, 0.25) is 5.75 Å². The highest BCUT2D eigenvalue weighted by molar-refractivity contribution is 5.52. The smallest absolute Gasteiger partial charge is 0.200 e. The van der Waals surface area contributed by atoms with Gasteiger partial charge >= 0.3 is 0 Å². The summed E-state index contributed by atoms with van der Waals surface area (Å²) in [6.07, 6.45) is 1.80. The van der Waals surface area contributed by atoms with E-state index in [1.807, 2.05) is 13.0 Å². The van der Waals surface area contributed by atoms with Gasteiger partial charge in [0.25, 0.3) is 0 Å². The first-order valence-electron chi connectivity index (χ1n) is 11.1. The summed E-state index contributed by atoms with van der Waals surface area (Å²) < 4.78 is 21.2. The zero-order valence-corrected chi connectivity index (χ0v) is 19.8. The molecule has 0 aliphatic rings. The summed E-state index contributed by atoms with van der Waals surface area (Å²) in [5.74, 6) is 1.11. The van der Waals surface area contributed by atoms with E-state index < -0.39 is 12.9 Å². The summed E-state index contributed by atoms with van der Waals surface area (Å²) in [6, 6.07) is 8.66. The molecule has 0 aliphatic heterocycles. The fourth-order valence-electron chi connectivity index (χ4n) is 3.99. The highest BCUT2D eigenvalue weighted by atomic mass is 16.6. The number of aliphatic hydroxyl groups excluding tert-OH is 2. The molecule has 0 aliphatic carbocycles. The number of aromatic hydroxyl groups is 2. The first-order valence-corrected chi connectivity index (χ1v) is 11.1. The number of aliphatic hydroxyl groups is 2. The molecule has 2 aromatic carbocycles. The fourth-order valence-corrected chi connectivity index (χ4v) is 3.99. The molecule has 0 fully saturated rings. The Morgan fingerprint density at radius 1 is 0.879 bits per heavy atom. The predicted octanol–water partition coefficient (Wildman–Crippen LogP) is 3.41. The normalized spacial score (nSPS) is 13.9. The van der Waals surface area contributed by atoms with Crippen LogP contribution >= 0.6 is 0 Å². The summed E-state index contributed by atoms with van der Waals surface area (Å²) in [5.41, 5.74) is 1.84. The second-order valence-electron chi connectivity index (χ2n) is 7.99. The molecule has 0 bridgehead atoms. The van der Waals surface area contributed by atoms with E-state index >= 15 is 0 Å². The van der Waals surface area contributed by atoms with Crippen molar-refractivity contribution >= 4 is 0 Å². The van der Waals surface area contributed by atoms with E-state index in [0.29, 0.717) is 42.9 Å². The summed E-state index contributed by atoms with van der Waals surface area (Å²) in [6.45, 7) is 1.61. The third-order valence-corrected chi connectivity index (χ3v) is 5.89. The Bertz CT molecular complexity index is 844. The first kappa shape index (κ1) is 26.6. The van der Waals surface area contributed by atoms with Gasteiger partial charge in [-0.1, -0.05) is 19.4 Å². The highest BCUT2D eigenvalue weighted by Crippen LogP contribution is 2.37. The van der Waals surface area contributed by atoms with Gasteiger partial charge in [-0.05, 0) is 67.0 Å². The standard InChI is InChI=1S/C25H36O8/c1-5-18(10-16-7-9-20(28)22(11-16)30-2)21(33-15-26)14-19(27)8-6-17-12-23(31-3)25(29)24(13-17)32-4/h7,9,11-13,18-19,21,26-29H,5-6,8,10,14-15H2,1-4H3. The summed E-state index contributed by atoms with van der Waals surface area (Å²) in [5, 5.41) is 40.0. The third kappa shape index (κ3) is 7.42. The van der Waals surface area contributed by atoms with Crippen LogP contribution in [0.2, 0.25) is 0 Å². The molecule has 3 atom stereocenters. The second kappa shape index (κ2) is 13.1. The van der Waals surface area contributed by atoms with E-state index in [2.05, 4.69) is 0 Å². The van der Waals surface area contributed by atoms with Gasteiger partial charge in [-0.2, -0.15) is 0 Å². The molecule has 8 heteroatoms. The molecule has 0 heterocycles. The molecule has 8 nitrogen and oxygen atoms in total. The lowest BCUT2D eigenvalue weighted by atomic mass is 9.87. The maximum absolute atomic E-state index is 10.7. The number of hydrogen-bond acceptors (Lipinski definition) is 8. The highest BCUT2D eigenvalue weighted by Gasteiger charge is 2.25. The molecule has 2 rings (SSSR count). The van der Waals surface area contributed by atoms with Crippen molar-refractivity contribution < 1.29 is 39.4 Å². The maximum Gasteiger partial charge on any atom is 0.200 e. The average Bonchev–Trinajstić information content (AvgIpc) is 2.82. The van der Waals surface area contributed by atoms with Crippen LogP contribution in [-0.4, -0.2) is 60.8 Å². The van der Waals surface area contributed by atoms with Gasteiger partial charge in [-0.25, -0.2) is 0 Å². The molecule has 184 valence electrons. The van der Waals surface area contributed by atoms with E-state index in [9.17, 15) is 20.4 Å². The molecule has 0 saturated carbocycles. The minimum atomic E-state index is -0.657. The Hall–Kier alpha value is -2.68.